The third-order valence-corrected chi connectivity index (χ3v) is 5.65. The molecule has 2 fully saturated rings. The van der Waals surface area contributed by atoms with Crippen LogP contribution >= 0.6 is 0 Å². The monoisotopic (exact) mass is 341 g/mol. The second-order valence-electron chi connectivity index (χ2n) is 7.23. The fraction of sp³-hybridized carbons (Fsp3) is 0.550. The number of benzene rings is 1. The van der Waals surface area contributed by atoms with Crippen molar-refractivity contribution in [1.29, 1.82) is 0 Å². The van der Waals surface area contributed by atoms with Gasteiger partial charge in [-0.15, -0.1) is 0 Å². The maximum absolute atomic E-state index is 10.3. The summed E-state index contributed by atoms with van der Waals surface area (Å²) in [6.45, 7) is 4.06. The van der Waals surface area contributed by atoms with Gasteiger partial charge in [0, 0.05) is 37.4 Å². The average Bonchev–Trinajstić information content (AvgIpc) is 3.26. The van der Waals surface area contributed by atoms with Crippen molar-refractivity contribution in [2.24, 2.45) is 5.92 Å². The molecule has 2 heterocycles. The van der Waals surface area contributed by atoms with Crippen LogP contribution in [0.1, 0.15) is 30.7 Å². The van der Waals surface area contributed by atoms with Crippen molar-refractivity contribution in [3.05, 3.63) is 54.1 Å². The van der Waals surface area contributed by atoms with E-state index < -0.39 is 0 Å². The molecule has 4 rings (SSSR count). The van der Waals surface area contributed by atoms with E-state index in [-0.39, 0.29) is 6.10 Å². The minimum absolute atomic E-state index is 0.182. The van der Waals surface area contributed by atoms with E-state index in [9.17, 15) is 5.11 Å². The smallest absolute Gasteiger partial charge is 0.123 e. The van der Waals surface area contributed by atoms with E-state index in [4.69, 9.17) is 4.74 Å². The molecule has 134 valence electrons. The second-order valence-corrected chi connectivity index (χ2v) is 7.23. The zero-order chi connectivity index (χ0) is 17.1. The van der Waals surface area contributed by atoms with E-state index in [0.717, 1.165) is 57.9 Å². The summed E-state index contributed by atoms with van der Waals surface area (Å²) >= 11 is 0. The number of hydrogen-bond acceptors (Lipinski definition) is 4. The third kappa shape index (κ3) is 3.78. The van der Waals surface area contributed by atoms with Gasteiger partial charge in [0.1, 0.15) is 5.82 Å². The molecule has 1 aliphatic heterocycles. The number of nitrogens with zero attached hydrogens (tertiary/aromatic N) is 3. The first-order chi connectivity index (χ1) is 12.3. The Kier molecular flexibility index (Phi) is 5.15. The first-order valence-corrected chi connectivity index (χ1v) is 9.35. The summed E-state index contributed by atoms with van der Waals surface area (Å²) in [6.07, 6.45) is 6.92. The quantitative estimate of drug-likeness (QED) is 0.907. The van der Waals surface area contributed by atoms with E-state index in [0.29, 0.717) is 12.0 Å². The lowest BCUT2D eigenvalue weighted by molar-refractivity contribution is -0.0548. The Morgan fingerprint density at radius 3 is 2.84 bits per heavy atom. The van der Waals surface area contributed by atoms with Crippen LogP contribution in [0, 0.1) is 5.92 Å². The molecule has 0 bridgehead atoms. The molecule has 5 nitrogen and oxygen atoms in total. The molecule has 1 N–H and O–H groups in total. The van der Waals surface area contributed by atoms with Gasteiger partial charge < -0.3 is 14.4 Å². The van der Waals surface area contributed by atoms with Crippen LogP contribution in [0.25, 0.3) is 0 Å². The first-order valence-electron chi connectivity index (χ1n) is 9.35. The van der Waals surface area contributed by atoms with Gasteiger partial charge in [0.15, 0.2) is 0 Å². The molecule has 1 aliphatic carbocycles. The predicted molar refractivity (Wildman–Crippen MR) is 96.1 cm³/mol. The van der Waals surface area contributed by atoms with Crippen LogP contribution in [0.4, 0.5) is 0 Å². The summed E-state index contributed by atoms with van der Waals surface area (Å²) in [6, 6.07) is 10.8. The van der Waals surface area contributed by atoms with Crippen LogP contribution < -0.4 is 0 Å². The zero-order valence-electron chi connectivity index (χ0n) is 14.6. The van der Waals surface area contributed by atoms with E-state index in [1.165, 1.54) is 5.56 Å². The van der Waals surface area contributed by atoms with Gasteiger partial charge in [0.05, 0.1) is 25.9 Å². The highest BCUT2D eigenvalue weighted by Gasteiger charge is 2.37. The number of rotatable bonds is 5. The van der Waals surface area contributed by atoms with Gasteiger partial charge in [0.2, 0.25) is 0 Å². The molecule has 2 aromatic rings. The van der Waals surface area contributed by atoms with Gasteiger partial charge >= 0.3 is 0 Å². The van der Waals surface area contributed by atoms with Crippen molar-refractivity contribution in [1.82, 2.24) is 14.5 Å². The maximum Gasteiger partial charge on any atom is 0.123 e. The Bertz CT molecular complexity index is 673. The highest BCUT2D eigenvalue weighted by molar-refractivity contribution is 5.15. The molecule has 0 unspecified atom stereocenters. The number of aromatic nitrogens is 2. The summed E-state index contributed by atoms with van der Waals surface area (Å²) < 4.78 is 7.97. The summed E-state index contributed by atoms with van der Waals surface area (Å²) in [5.74, 6) is 1.42. The number of morpholine rings is 1. The van der Waals surface area contributed by atoms with Crippen LogP contribution in [0.5, 0.6) is 0 Å². The average molecular weight is 341 g/mol. The lowest BCUT2D eigenvalue weighted by atomic mass is 9.94. The molecule has 25 heavy (non-hydrogen) atoms. The fourth-order valence-corrected chi connectivity index (χ4v) is 4.26. The fourth-order valence-electron chi connectivity index (χ4n) is 4.26. The number of aliphatic hydroxyl groups is 1. The van der Waals surface area contributed by atoms with Gasteiger partial charge in [-0.3, -0.25) is 4.90 Å². The standard InChI is InChI=1S/C20H27N3O2/c24-19-8-4-7-17(19)18-15-25-12-11-22(18)14-20-21-9-10-23(20)13-16-5-2-1-3-6-16/h1-3,5-6,9-10,17-19,24H,4,7-8,11-15H2/t17-,18-,19-/m1/s1. The molecule has 0 amide bonds. The number of hydrogen-bond donors (Lipinski definition) is 1. The van der Waals surface area contributed by atoms with Crippen molar-refractivity contribution in [3.63, 3.8) is 0 Å². The largest absolute Gasteiger partial charge is 0.393 e. The SMILES string of the molecule is O[C@@H]1CCC[C@@H]1[C@H]1COCCN1Cc1nccn1Cc1ccccc1. The molecule has 1 saturated carbocycles. The van der Waals surface area contributed by atoms with E-state index >= 15 is 0 Å². The summed E-state index contributed by atoms with van der Waals surface area (Å²) in [5.41, 5.74) is 1.28. The highest BCUT2D eigenvalue weighted by Crippen LogP contribution is 2.32. The van der Waals surface area contributed by atoms with Crippen LogP contribution in [0.2, 0.25) is 0 Å². The Morgan fingerprint density at radius 1 is 1.16 bits per heavy atom. The maximum atomic E-state index is 10.3. The molecule has 0 spiro atoms. The van der Waals surface area contributed by atoms with Crippen molar-refractivity contribution < 1.29 is 9.84 Å². The normalized spacial score (nSPS) is 27.6. The molecular weight excluding hydrogens is 314 g/mol. The minimum atomic E-state index is -0.182. The van der Waals surface area contributed by atoms with Crippen molar-refractivity contribution in [2.75, 3.05) is 19.8 Å². The highest BCUT2D eigenvalue weighted by atomic mass is 16.5. The molecular formula is C20H27N3O2. The molecule has 2 aliphatic rings. The Hall–Kier alpha value is -1.69. The summed E-state index contributed by atoms with van der Waals surface area (Å²) in [4.78, 5) is 7.07. The van der Waals surface area contributed by atoms with Crippen LogP contribution in [-0.4, -0.2) is 51.5 Å². The molecule has 1 aromatic carbocycles. The van der Waals surface area contributed by atoms with Crippen LogP contribution in [-0.2, 0) is 17.8 Å². The van der Waals surface area contributed by atoms with E-state index in [1.807, 2.05) is 12.3 Å². The van der Waals surface area contributed by atoms with Crippen molar-refractivity contribution >= 4 is 0 Å². The molecule has 1 saturated heterocycles. The summed E-state index contributed by atoms with van der Waals surface area (Å²) in [5, 5.41) is 10.3. The Morgan fingerprint density at radius 2 is 2.04 bits per heavy atom. The first kappa shape index (κ1) is 16.8. The third-order valence-electron chi connectivity index (χ3n) is 5.65. The van der Waals surface area contributed by atoms with Gasteiger partial charge in [-0.25, -0.2) is 4.98 Å². The molecule has 3 atom stereocenters. The van der Waals surface area contributed by atoms with Gasteiger partial charge in [-0.05, 0) is 18.4 Å². The second kappa shape index (κ2) is 7.68. The lowest BCUT2D eigenvalue weighted by Crippen LogP contribution is -2.50. The van der Waals surface area contributed by atoms with Crippen molar-refractivity contribution in [2.45, 2.75) is 44.5 Å². The van der Waals surface area contributed by atoms with Crippen LogP contribution in [0.15, 0.2) is 42.7 Å². The summed E-state index contributed by atoms with van der Waals surface area (Å²) in [7, 11) is 0. The van der Waals surface area contributed by atoms with Crippen molar-refractivity contribution in [3.8, 4) is 0 Å². The number of ether oxygens (including phenoxy) is 1. The molecule has 1 aromatic heterocycles. The number of imidazole rings is 1. The predicted octanol–water partition coefficient (Wildman–Crippen LogP) is 2.29. The lowest BCUT2D eigenvalue weighted by Gasteiger charge is -2.39. The minimum Gasteiger partial charge on any atom is -0.393 e. The van der Waals surface area contributed by atoms with Gasteiger partial charge in [0.25, 0.3) is 0 Å². The number of aliphatic hydroxyl groups excluding tert-OH is 1. The zero-order valence-corrected chi connectivity index (χ0v) is 14.6. The molecule has 5 heteroatoms. The van der Waals surface area contributed by atoms with E-state index in [1.54, 1.807) is 0 Å². The topological polar surface area (TPSA) is 50.5 Å². The Labute approximate surface area is 149 Å². The van der Waals surface area contributed by atoms with Gasteiger partial charge in [-0.2, -0.15) is 0 Å². The van der Waals surface area contributed by atoms with E-state index in [2.05, 4.69) is 44.9 Å². The molecule has 0 radical (unpaired) electrons. The Balaban J connectivity index is 1.48. The van der Waals surface area contributed by atoms with Crippen LogP contribution in [0.3, 0.4) is 0 Å². The van der Waals surface area contributed by atoms with Gasteiger partial charge in [-0.1, -0.05) is 36.8 Å².